The van der Waals surface area contributed by atoms with Crippen molar-refractivity contribution in [2.24, 2.45) is 5.10 Å². The lowest BCUT2D eigenvalue weighted by atomic mass is 10.2. The molecule has 170 valence electrons. The number of nitrogens with one attached hydrogen (secondary N) is 2. The maximum atomic E-state index is 12.6. The first-order chi connectivity index (χ1) is 16.4. The Labute approximate surface area is 204 Å². The second-order valence-electron chi connectivity index (χ2n) is 7.17. The normalized spacial score (nSPS) is 10.9. The summed E-state index contributed by atoms with van der Waals surface area (Å²) >= 11 is 7.61. The molecule has 1 aromatic heterocycles. The van der Waals surface area contributed by atoms with E-state index in [9.17, 15) is 14.4 Å². The number of hydrogen-bond donors (Lipinski definition) is 2. The average Bonchev–Trinajstić information content (AvgIpc) is 3.17. The maximum absolute atomic E-state index is 12.6. The van der Waals surface area contributed by atoms with Gasteiger partial charge in [0.05, 0.1) is 11.2 Å². The van der Waals surface area contributed by atoms with E-state index >= 15 is 0 Å². The average molecular weight is 492 g/mol. The minimum Gasteiger partial charge on any atom is -0.422 e. The highest BCUT2D eigenvalue weighted by molar-refractivity contribution is 7.21. The van der Waals surface area contributed by atoms with Crippen molar-refractivity contribution in [3.05, 3.63) is 93.8 Å². The van der Waals surface area contributed by atoms with Crippen molar-refractivity contribution in [2.45, 2.75) is 6.92 Å². The van der Waals surface area contributed by atoms with E-state index in [2.05, 4.69) is 15.8 Å². The molecule has 0 saturated heterocycles. The Morgan fingerprint density at radius 1 is 0.971 bits per heavy atom. The zero-order valence-electron chi connectivity index (χ0n) is 17.9. The van der Waals surface area contributed by atoms with Crippen LogP contribution in [0.3, 0.4) is 0 Å². The predicted molar refractivity (Wildman–Crippen MR) is 134 cm³/mol. The van der Waals surface area contributed by atoms with Crippen LogP contribution in [-0.4, -0.2) is 24.0 Å². The largest absolute Gasteiger partial charge is 0.422 e. The summed E-state index contributed by atoms with van der Waals surface area (Å²) in [6, 6.07) is 21.1. The van der Waals surface area contributed by atoms with E-state index in [1.807, 2.05) is 43.3 Å². The van der Waals surface area contributed by atoms with Gasteiger partial charge >= 0.3 is 17.8 Å². The standard InChI is InChI=1S/C25H18ClN3O4S/c1-15-7-2-4-11-19(15)28-23(30)24(31)29-27-14-16-8-6-9-17(13-16)33-25(32)22-21(26)18-10-3-5-12-20(18)34-22/h2-14H,1H3,(H,28,30)(H,29,31). The van der Waals surface area contributed by atoms with E-state index in [1.54, 1.807) is 36.4 Å². The number of thiophene rings is 1. The first-order valence-corrected chi connectivity index (χ1v) is 11.3. The van der Waals surface area contributed by atoms with Crippen molar-refractivity contribution in [3.8, 4) is 5.75 Å². The summed E-state index contributed by atoms with van der Waals surface area (Å²) in [6.07, 6.45) is 1.34. The van der Waals surface area contributed by atoms with Crippen LogP contribution in [0.25, 0.3) is 10.1 Å². The van der Waals surface area contributed by atoms with E-state index in [0.717, 1.165) is 15.6 Å². The van der Waals surface area contributed by atoms with Gasteiger partial charge in [-0.15, -0.1) is 11.3 Å². The Bertz CT molecular complexity index is 1430. The molecule has 0 aliphatic carbocycles. The Morgan fingerprint density at radius 2 is 1.74 bits per heavy atom. The van der Waals surface area contributed by atoms with E-state index in [1.165, 1.54) is 17.6 Å². The molecule has 0 aliphatic rings. The lowest BCUT2D eigenvalue weighted by Gasteiger charge is -2.06. The minimum absolute atomic E-state index is 0.283. The fraction of sp³-hybridized carbons (Fsp3) is 0.0400. The fourth-order valence-electron chi connectivity index (χ4n) is 3.07. The first-order valence-electron chi connectivity index (χ1n) is 10.1. The number of para-hydroxylation sites is 1. The minimum atomic E-state index is -0.915. The number of hydrazone groups is 1. The molecule has 0 aliphatic heterocycles. The number of carbonyl (C=O) groups excluding carboxylic acids is 3. The van der Waals surface area contributed by atoms with Crippen LogP contribution in [0.5, 0.6) is 5.75 Å². The maximum Gasteiger partial charge on any atom is 0.355 e. The van der Waals surface area contributed by atoms with Gasteiger partial charge in [0.25, 0.3) is 0 Å². The van der Waals surface area contributed by atoms with Gasteiger partial charge in [-0.05, 0) is 42.3 Å². The summed E-state index contributed by atoms with van der Waals surface area (Å²) in [4.78, 5) is 37.0. The molecular formula is C25H18ClN3O4S. The molecule has 9 heteroatoms. The van der Waals surface area contributed by atoms with Crippen molar-refractivity contribution in [1.82, 2.24) is 5.43 Å². The number of halogens is 1. The van der Waals surface area contributed by atoms with Crippen LogP contribution < -0.4 is 15.5 Å². The van der Waals surface area contributed by atoms with Gasteiger partial charge in [-0.25, -0.2) is 10.2 Å². The van der Waals surface area contributed by atoms with Crippen molar-refractivity contribution >= 4 is 62.7 Å². The number of carbonyl (C=O) groups is 3. The number of esters is 1. The van der Waals surface area contributed by atoms with Gasteiger partial charge in [0.2, 0.25) is 0 Å². The highest BCUT2D eigenvalue weighted by Gasteiger charge is 2.19. The zero-order valence-corrected chi connectivity index (χ0v) is 19.4. The van der Waals surface area contributed by atoms with Gasteiger partial charge in [0.15, 0.2) is 0 Å². The van der Waals surface area contributed by atoms with Gasteiger partial charge in [0, 0.05) is 15.8 Å². The summed E-state index contributed by atoms with van der Waals surface area (Å²) in [5.41, 5.74) is 4.09. The number of rotatable bonds is 5. The van der Waals surface area contributed by atoms with Gasteiger partial charge in [-0.2, -0.15) is 5.10 Å². The van der Waals surface area contributed by atoms with Crippen molar-refractivity contribution in [3.63, 3.8) is 0 Å². The molecule has 2 N–H and O–H groups in total. The quantitative estimate of drug-likeness (QED) is 0.132. The summed E-state index contributed by atoms with van der Waals surface area (Å²) in [7, 11) is 0. The molecule has 0 fully saturated rings. The number of amides is 2. The number of anilines is 1. The number of fused-ring (bicyclic) bond motifs is 1. The summed E-state index contributed by atoms with van der Waals surface area (Å²) in [5, 5.41) is 7.48. The third-order valence-electron chi connectivity index (χ3n) is 4.77. The molecular weight excluding hydrogens is 474 g/mol. The predicted octanol–water partition coefficient (Wildman–Crippen LogP) is 5.17. The number of hydrogen-bond acceptors (Lipinski definition) is 6. The third kappa shape index (κ3) is 5.31. The number of benzene rings is 3. The molecule has 0 atom stereocenters. The molecule has 4 rings (SSSR count). The number of aryl methyl sites for hydroxylation is 1. The summed E-state index contributed by atoms with van der Waals surface area (Å²) in [6.45, 7) is 1.82. The van der Waals surface area contributed by atoms with Crippen LogP contribution >= 0.6 is 22.9 Å². The molecule has 0 unspecified atom stereocenters. The SMILES string of the molecule is Cc1ccccc1NC(=O)C(=O)NN=Cc1cccc(OC(=O)c2sc3ccccc3c2Cl)c1. The first kappa shape index (κ1) is 23.2. The van der Waals surface area contributed by atoms with E-state index in [-0.39, 0.29) is 5.75 Å². The fourth-order valence-corrected chi connectivity index (χ4v) is 4.45. The van der Waals surface area contributed by atoms with Crippen LogP contribution in [0, 0.1) is 6.92 Å². The zero-order chi connectivity index (χ0) is 24.1. The van der Waals surface area contributed by atoms with Crippen molar-refractivity contribution in [1.29, 1.82) is 0 Å². The highest BCUT2D eigenvalue weighted by atomic mass is 35.5. The smallest absolute Gasteiger partial charge is 0.355 e. The molecule has 0 spiro atoms. The molecule has 0 bridgehead atoms. The Balaban J connectivity index is 1.38. The second kappa shape index (κ2) is 10.3. The van der Waals surface area contributed by atoms with Crippen LogP contribution in [0.2, 0.25) is 5.02 Å². The lowest BCUT2D eigenvalue weighted by Crippen LogP contribution is -2.32. The van der Waals surface area contributed by atoms with Gasteiger partial charge in [-0.1, -0.05) is 60.1 Å². The van der Waals surface area contributed by atoms with Crippen LogP contribution in [0.4, 0.5) is 5.69 Å². The highest BCUT2D eigenvalue weighted by Crippen LogP contribution is 2.35. The molecule has 4 aromatic rings. The monoisotopic (exact) mass is 491 g/mol. The number of ether oxygens (including phenoxy) is 1. The van der Waals surface area contributed by atoms with Crippen LogP contribution in [0.1, 0.15) is 20.8 Å². The molecule has 3 aromatic carbocycles. The molecule has 2 amide bonds. The second-order valence-corrected chi connectivity index (χ2v) is 8.60. The lowest BCUT2D eigenvalue weighted by molar-refractivity contribution is -0.136. The van der Waals surface area contributed by atoms with Gasteiger partial charge in [0.1, 0.15) is 10.6 Å². The van der Waals surface area contributed by atoms with Crippen LogP contribution in [0.15, 0.2) is 77.9 Å². The third-order valence-corrected chi connectivity index (χ3v) is 6.42. The van der Waals surface area contributed by atoms with E-state index < -0.39 is 17.8 Å². The summed E-state index contributed by atoms with van der Waals surface area (Å²) < 4.78 is 6.36. The van der Waals surface area contributed by atoms with Gasteiger partial charge < -0.3 is 10.1 Å². The van der Waals surface area contributed by atoms with E-state index in [0.29, 0.717) is 21.2 Å². The van der Waals surface area contributed by atoms with Gasteiger partial charge in [-0.3, -0.25) is 9.59 Å². The Morgan fingerprint density at radius 3 is 2.53 bits per heavy atom. The Kier molecular flexibility index (Phi) is 7.01. The summed E-state index contributed by atoms with van der Waals surface area (Å²) in [5.74, 6) is -2.04. The molecule has 7 nitrogen and oxygen atoms in total. The topological polar surface area (TPSA) is 96.9 Å². The molecule has 0 saturated carbocycles. The molecule has 34 heavy (non-hydrogen) atoms. The van der Waals surface area contributed by atoms with E-state index in [4.69, 9.17) is 16.3 Å². The van der Waals surface area contributed by atoms with Crippen molar-refractivity contribution < 1.29 is 19.1 Å². The number of nitrogens with zero attached hydrogens (tertiary/aromatic N) is 1. The van der Waals surface area contributed by atoms with Crippen molar-refractivity contribution in [2.75, 3.05) is 5.32 Å². The van der Waals surface area contributed by atoms with Crippen LogP contribution in [-0.2, 0) is 9.59 Å². The molecule has 1 heterocycles. The Hall–Kier alpha value is -4.01. The molecule has 0 radical (unpaired) electrons.